The van der Waals surface area contributed by atoms with Crippen molar-refractivity contribution in [2.24, 2.45) is 0 Å². The van der Waals surface area contributed by atoms with Gasteiger partial charge < -0.3 is 10.6 Å². The van der Waals surface area contributed by atoms with Gasteiger partial charge >= 0.3 is 0 Å². The van der Waals surface area contributed by atoms with E-state index in [-0.39, 0.29) is 5.91 Å². The van der Waals surface area contributed by atoms with E-state index < -0.39 is 0 Å². The van der Waals surface area contributed by atoms with Gasteiger partial charge in [-0.25, -0.2) is 0 Å². The van der Waals surface area contributed by atoms with Crippen molar-refractivity contribution in [1.29, 1.82) is 0 Å². The summed E-state index contributed by atoms with van der Waals surface area (Å²) in [5.74, 6) is 0.199. The summed E-state index contributed by atoms with van der Waals surface area (Å²) >= 11 is 0. The van der Waals surface area contributed by atoms with Gasteiger partial charge in [0.25, 0.3) is 0 Å². The monoisotopic (exact) mass is 236 g/mol. The molecule has 2 aliphatic rings. The summed E-state index contributed by atoms with van der Waals surface area (Å²) in [5, 5.41) is 6.45. The predicted molar refractivity (Wildman–Crippen MR) is 69.8 cm³/mol. The van der Waals surface area contributed by atoms with E-state index >= 15 is 0 Å². The van der Waals surface area contributed by atoms with Crippen molar-refractivity contribution in [2.75, 3.05) is 13.1 Å². The van der Waals surface area contributed by atoms with Crippen molar-refractivity contribution in [3.63, 3.8) is 0 Å². The van der Waals surface area contributed by atoms with Gasteiger partial charge in [0.2, 0.25) is 5.91 Å². The molecule has 2 aliphatic carbocycles. The Hall–Kier alpha value is -0.830. The largest absolute Gasteiger partial charge is 0.356 e. The van der Waals surface area contributed by atoms with E-state index in [9.17, 15) is 4.79 Å². The van der Waals surface area contributed by atoms with Crippen LogP contribution in [0.1, 0.15) is 51.4 Å². The maximum atomic E-state index is 11.6. The van der Waals surface area contributed by atoms with Crippen LogP contribution in [0, 0.1) is 0 Å². The van der Waals surface area contributed by atoms with E-state index in [0.717, 1.165) is 38.4 Å². The van der Waals surface area contributed by atoms with E-state index in [2.05, 4.69) is 16.7 Å². The van der Waals surface area contributed by atoms with Gasteiger partial charge in [-0.3, -0.25) is 4.79 Å². The molecule has 0 unspecified atom stereocenters. The molecule has 1 saturated carbocycles. The second kappa shape index (κ2) is 6.80. The van der Waals surface area contributed by atoms with Crippen LogP contribution in [0.25, 0.3) is 0 Å². The number of rotatable bonds is 7. The van der Waals surface area contributed by atoms with Crippen molar-refractivity contribution in [3.05, 3.63) is 11.6 Å². The van der Waals surface area contributed by atoms with E-state index in [1.807, 2.05) is 0 Å². The highest BCUT2D eigenvalue weighted by atomic mass is 16.1. The van der Waals surface area contributed by atoms with Crippen LogP contribution in [0.4, 0.5) is 0 Å². The van der Waals surface area contributed by atoms with Crippen molar-refractivity contribution in [2.45, 2.75) is 57.4 Å². The van der Waals surface area contributed by atoms with Crippen LogP contribution in [0.3, 0.4) is 0 Å². The van der Waals surface area contributed by atoms with Crippen LogP contribution in [-0.4, -0.2) is 25.0 Å². The topological polar surface area (TPSA) is 41.1 Å². The predicted octanol–water partition coefficient (Wildman–Crippen LogP) is 2.14. The number of allylic oxidation sites excluding steroid dienone is 1. The molecule has 2 N–H and O–H groups in total. The van der Waals surface area contributed by atoms with Gasteiger partial charge in [-0.05, 0) is 51.5 Å². The van der Waals surface area contributed by atoms with Crippen LogP contribution >= 0.6 is 0 Å². The smallest absolute Gasteiger partial charge is 0.224 e. The standard InChI is InChI=1S/C14H24N2O/c17-14(11-12-5-2-1-3-6-12)16-10-4-9-15-13-7-8-13/h5,13,15H,1-4,6-11H2,(H,16,17). The van der Waals surface area contributed by atoms with Crippen LogP contribution in [-0.2, 0) is 4.79 Å². The van der Waals surface area contributed by atoms with Crippen LogP contribution < -0.4 is 10.6 Å². The molecule has 1 fully saturated rings. The minimum atomic E-state index is 0.199. The number of nitrogens with one attached hydrogen (secondary N) is 2. The molecular formula is C14H24N2O. The Morgan fingerprint density at radius 2 is 2.18 bits per heavy atom. The lowest BCUT2D eigenvalue weighted by molar-refractivity contribution is -0.120. The number of carbonyl (C=O) groups is 1. The number of hydrogen-bond donors (Lipinski definition) is 2. The number of amides is 1. The molecule has 3 heteroatoms. The van der Waals surface area contributed by atoms with Gasteiger partial charge in [0.1, 0.15) is 0 Å². The van der Waals surface area contributed by atoms with Gasteiger partial charge in [0, 0.05) is 19.0 Å². The summed E-state index contributed by atoms with van der Waals surface area (Å²) in [5.41, 5.74) is 1.34. The third kappa shape index (κ3) is 5.35. The van der Waals surface area contributed by atoms with Gasteiger partial charge in [-0.2, -0.15) is 0 Å². The molecule has 0 aliphatic heterocycles. The van der Waals surface area contributed by atoms with E-state index in [4.69, 9.17) is 0 Å². The first kappa shape index (κ1) is 12.6. The minimum Gasteiger partial charge on any atom is -0.356 e. The summed E-state index contributed by atoms with van der Waals surface area (Å²) in [6.07, 6.45) is 11.4. The fourth-order valence-corrected chi connectivity index (χ4v) is 2.24. The summed E-state index contributed by atoms with van der Waals surface area (Å²) in [4.78, 5) is 11.6. The molecule has 0 radical (unpaired) electrons. The quantitative estimate of drug-likeness (QED) is 0.525. The SMILES string of the molecule is O=C(CC1=CCCCC1)NCCCNC1CC1. The zero-order chi connectivity index (χ0) is 11.9. The highest BCUT2D eigenvalue weighted by Gasteiger charge is 2.19. The van der Waals surface area contributed by atoms with Crippen molar-refractivity contribution in [1.82, 2.24) is 10.6 Å². The second-order valence-electron chi connectivity index (χ2n) is 5.22. The minimum absolute atomic E-state index is 0.199. The highest BCUT2D eigenvalue weighted by molar-refractivity contribution is 5.78. The van der Waals surface area contributed by atoms with Gasteiger partial charge in [0.15, 0.2) is 0 Å². The van der Waals surface area contributed by atoms with E-state index in [1.54, 1.807) is 0 Å². The molecule has 0 bridgehead atoms. The molecule has 0 aromatic carbocycles. The molecule has 0 spiro atoms. The molecule has 0 saturated heterocycles. The molecular weight excluding hydrogens is 212 g/mol. The average Bonchev–Trinajstić information content (AvgIpc) is 3.14. The Kier molecular flexibility index (Phi) is 5.05. The first-order valence-electron chi connectivity index (χ1n) is 7.02. The van der Waals surface area contributed by atoms with Crippen LogP contribution in [0.2, 0.25) is 0 Å². The summed E-state index contributed by atoms with van der Waals surface area (Å²) < 4.78 is 0. The molecule has 0 aromatic rings. The van der Waals surface area contributed by atoms with Crippen molar-refractivity contribution in [3.8, 4) is 0 Å². The fraction of sp³-hybridized carbons (Fsp3) is 0.786. The van der Waals surface area contributed by atoms with Crippen molar-refractivity contribution >= 4 is 5.91 Å². The van der Waals surface area contributed by atoms with Gasteiger partial charge in [-0.15, -0.1) is 0 Å². The molecule has 1 amide bonds. The Morgan fingerprint density at radius 3 is 2.88 bits per heavy atom. The van der Waals surface area contributed by atoms with E-state index in [1.165, 1.54) is 31.3 Å². The van der Waals surface area contributed by atoms with Crippen molar-refractivity contribution < 1.29 is 4.79 Å². The average molecular weight is 236 g/mol. The van der Waals surface area contributed by atoms with Crippen LogP contribution in [0.5, 0.6) is 0 Å². The lowest BCUT2D eigenvalue weighted by Crippen LogP contribution is -2.28. The molecule has 2 rings (SSSR count). The van der Waals surface area contributed by atoms with Gasteiger partial charge in [0.05, 0.1) is 0 Å². The molecule has 0 heterocycles. The number of carbonyl (C=O) groups excluding carboxylic acids is 1. The highest BCUT2D eigenvalue weighted by Crippen LogP contribution is 2.19. The fourth-order valence-electron chi connectivity index (χ4n) is 2.24. The maximum absolute atomic E-state index is 11.6. The Morgan fingerprint density at radius 1 is 1.29 bits per heavy atom. The normalized spacial score (nSPS) is 19.9. The summed E-state index contributed by atoms with van der Waals surface area (Å²) in [6, 6.07) is 0.776. The molecule has 3 nitrogen and oxygen atoms in total. The van der Waals surface area contributed by atoms with E-state index in [0.29, 0.717) is 6.42 Å². The molecule has 96 valence electrons. The zero-order valence-corrected chi connectivity index (χ0v) is 10.6. The lowest BCUT2D eigenvalue weighted by atomic mass is 9.97. The first-order chi connectivity index (χ1) is 8.34. The Balaban J connectivity index is 1.49. The summed E-state index contributed by atoms with van der Waals surface area (Å²) in [6.45, 7) is 1.85. The molecule has 0 aromatic heterocycles. The Bertz CT molecular complexity index is 282. The zero-order valence-electron chi connectivity index (χ0n) is 10.6. The third-order valence-electron chi connectivity index (χ3n) is 3.46. The molecule has 0 atom stereocenters. The maximum Gasteiger partial charge on any atom is 0.224 e. The molecule has 17 heavy (non-hydrogen) atoms. The second-order valence-corrected chi connectivity index (χ2v) is 5.22. The first-order valence-corrected chi connectivity index (χ1v) is 7.02. The number of hydrogen-bond acceptors (Lipinski definition) is 2. The lowest BCUT2D eigenvalue weighted by Gasteiger charge is -2.12. The third-order valence-corrected chi connectivity index (χ3v) is 3.46. The van der Waals surface area contributed by atoms with Crippen LogP contribution in [0.15, 0.2) is 11.6 Å². The summed E-state index contributed by atoms with van der Waals surface area (Å²) in [7, 11) is 0. The van der Waals surface area contributed by atoms with Gasteiger partial charge in [-0.1, -0.05) is 11.6 Å². The Labute approximate surface area is 104 Å².